The maximum atomic E-state index is 13.1. The molecule has 9 nitrogen and oxygen atoms in total. The summed E-state index contributed by atoms with van der Waals surface area (Å²) in [7, 11) is 0. The van der Waals surface area contributed by atoms with Gasteiger partial charge in [0.1, 0.15) is 24.4 Å². The summed E-state index contributed by atoms with van der Waals surface area (Å²) in [6, 6.07) is -0.804. The van der Waals surface area contributed by atoms with Crippen LogP contribution in [0.15, 0.2) is 48.6 Å². The van der Waals surface area contributed by atoms with Crippen LogP contribution in [0.2, 0.25) is 0 Å². The fourth-order valence-corrected chi connectivity index (χ4v) is 11.3. The molecule has 1 heterocycles. The second-order valence-electron chi connectivity index (χ2n) is 24.7. The smallest absolute Gasteiger partial charge is 0.220 e. The summed E-state index contributed by atoms with van der Waals surface area (Å²) in [4.78, 5) is 13.1. The van der Waals surface area contributed by atoms with Crippen LogP contribution < -0.4 is 5.32 Å². The van der Waals surface area contributed by atoms with E-state index in [1.54, 1.807) is 6.08 Å². The number of hydrogen-bond donors (Lipinski definition) is 6. The lowest BCUT2D eigenvalue weighted by molar-refractivity contribution is -0.302. The molecule has 7 atom stereocenters. The Labute approximate surface area is 501 Å². The fourth-order valence-electron chi connectivity index (χ4n) is 11.3. The Hall–Kier alpha value is -1.85. The second-order valence-corrected chi connectivity index (χ2v) is 24.7. The van der Waals surface area contributed by atoms with Gasteiger partial charge in [-0.2, -0.15) is 0 Å². The van der Waals surface area contributed by atoms with Crippen LogP contribution in [0.3, 0.4) is 0 Å². The molecule has 0 aromatic carbocycles. The monoisotopic (exact) mass is 1140 g/mol. The lowest BCUT2D eigenvalue weighted by Gasteiger charge is -2.40. The number of aliphatic hydroxyl groups is 5. The third-order valence-electron chi connectivity index (χ3n) is 16.9. The van der Waals surface area contributed by atoms with Gasteiger partial charge in [-0.15, -0.1) is 0 Å². The van der Waals surface area contributed by atoms with Crippen molar-refractivity contribution < 1.29 is 39.8 Å². The van der Waals surface area contributed by atoms with Gasteiger partial charge in [-0.25, -0.2) is 0 Å². The molecule has 0 aliphatic carbocycles. The van der Waals surface area contributed by atoms with Gasteiger partial charge >= 0.3 is 0 Å². The number of rotatable bonds is 62. The maximum Gasteiger partial charge on any atom is 0.220 e. The number of nitrogens with one attached hydrogen (secondary N) is 1. The average Bonchev–Trinajstić information content (AvgIpc) is 3.48. The molecule has 0 bridgehead atoms. The van der Waals surface area contributed by atoms with Gasteiger partial charge in [0.05, 0.1) is 25.4 Å². The van der Waals surface area contributed by atoms with Crippen molar-refractivity contribution >= 4 is 5.91 Å². The van der Waals surface area contributed by atoms with Crippen molar-refractivity contribution in [2.24, 2.45) is 0 Å². The Kier molecular flexibility index (Phi) is 58.3. The molecule has 1 saturated heterocycles. The van der Waals surface area contributed by atoms with E-state index in [0.717, 1.165) is 51.4 Å². The van der Waals surface area contributed by atoms with Crippen LogP contribution in [0.1, 0.15) is 348 Å². The molecule has 0 aromatic heterocycles. The lowest BCUT2D eigenvalue weighted by Crippen LogP contribution is -2.60. The number of allylic oxidation sites excluding steroid dienone is 7. The molecular formula is C72H135NO8. The van der Waals surface area contributed by atoms with E-state index in [0.29, 0.717) is 6.42 Å². The largest absolute Gasteiger partial charge is 0.394 e. The Bertz CT molecular complexity index is 1420. The fraction of sp³-hybridized carbons (Fsp3) is 0.875. The van der Waals surface area contributed by atoms with Gasteiger partial charge in [0.15, 0.2) is 6.29 Å². The summed E-state index contributed by atoms with van der Waals surface area (Å²) in [5, 5.41) is 54.7. The Morgan fingerprint density at radius 3 is 1.07 bits per heavy atom. The average molecular weight is 1140 g/mol. The van der Waals surface area contributed by atoms with Crippen molar-refractivity contribution in [2.45, 2.75) is 391 Å². The minimum atomic E-state index is -1.57. The van der Waals surface area contributed by atoms with E-state index in [-0.39, 0.29) is 12.5 Å². The van der Waals surface area contributed by atoms with E-state index in [9.17, 15) is 30.3 Å². The van der Waals surface area contributed by atoms with Crippen molar-refractivity contribution in [3.8, 4) is 0 Å². The summed E-state index contributed by atoms with van der Waals surface area (Å²) in [5.74, 6) is -0.170. The molecule has 1 aliphatic rings. The van der Waals surface area contributed by atoms with Crippen LogP contribution in [-0.2, 0) is 14.3 Å². The van der Waals surface area contributed by atoms with Gasteiger partial charge < -0.3 is 40.3 Å². The van der Waals surface area contributed by atoms with Crippen molar-refractivity contribution in [2.75, 3.05) is 13.2 Å². The molecule has 6 N–H and O–H groups in total. The van der Waals surface area contributed by atoms with E-state index < -0.39 is 49.5 Å². The summed E-state index contributed by atoms with van der Waals surface area (Å²) in [5.41, 5.74) is 0. The Morgan fingerprint density at radius 1 is 0.420 bits per heavy atom. The normalized spacial score (nSPS) is 18.6. The zero-order valence-electron chi connectivity index (χ0n) is 53.3. The Morgan fingerprint density at radius 2 is 0.728 bits per heavy atom. The van der Waals surface area contributed by atoms with Crippen LogP contribution in [-0.4, -0.2) is 87.5 Å². The van der Waals surface area contributed by atoms with Gasteiger partial charge in [-0.3, -0.25) is 4.79 Å². The lowest BCUT2D eigenvalue weighted by atomic mass is 9.99. The molecule has 0 spiro atoms. The van der Waals surface area contributed by atoms with Crippen LogP contribution >= 0.6 is 0 Å². The highest BCUT2D eigenvalue weighted by molar-refractivity contribution is 5.76. The summed E-state index contributed by atoms with van der Waals surface area (Å²) >= 11 is 0. The Balaban J connectivity index is 2.06. The standard InChI is InChI=1S/C72H135NO8/c1-3-5-7-9-11-13-15-17-19-21-23-24-25-26-27-28-29-30-31-32-33-34-35-36-37-38-39-40-41-42-44-46-48-50-52-54-56-58-60-62-68(76)73-65(64-80-72-71(79)70(78)69(77)67(63-74)81-72)66(75)61-59-57-55-53-51-49-47-45-43-22-20-18-16-14-12-10-8-6-4-2/h15,17,21,23,25-26,59,61,65-67,69-72,74-75,77-79H,3-14,16,18-20,22,24,27-58,60,62-64H2,1-2H3,(H,73,76)/b17-15-,23-21-,26-25-,61-59+. The molecular weight excluding hydrogens is 1010 g/mol. The molecule has 476 valence electrons. The zero-order valence-corrected chi connectivity index (χ0v) is 53.3. The number of ether oxygens (including phenoxy) is 2. The summed E-state index contributed by atoms with van der Waals surface area (Å²) < 4.78 is 11.3. The highest BCUT2D eigenvalue weighted by Crippen LogP contribution is 2.23. The maximum absolute atomic E-state index is 13.1. The first-order chi connectivity index (χ1) is 39.8. The topological polar surface area (TPSA) is 149 Å². The van der Waals surface area contributed by atoms with E-state index in [4.69, 9.17) is 9.47 Å². The number of amides is 1. The number of hydrogen-bond acceptors (Lipinski definition) is 8. The highest BCUT2D eigenvalue weighted by atomic mass is 16.7. The first kappa shape index (κ1) is 77.2. The van der Waals surface area contributed by atoms with Crippen LogP contribution in [0.5, 0.6) is 0 Å². The molecule has 0 aromatic rings. The van der Waals surface area contributed by atoms with Gasteiger partial charge in [-0.1, -0.05) is 332 Å². The van der Waals surface area contributed by atoms with Gasteiger partial charge in [0.25, 0.3) is 0 Å². The summed E-state index contributed by atoms with van der Waals surface area (Å²) in [6.07, 6.45) is 76.5. The first-order valence-electron chi connectivity index (χ1n) is 35.4. The van der Waals surface area contributed by atoms with E-state index >= 15 is 0 Å². The minimum Gasteiger partial charge on any atom is -0.394 e. The van der Waals surface area contributed by atoms with Crippen LogP contribution in [0.4, 0.5) is 0 Å². The van der Waals surface area contributed by atoms with Crippen LogP contribution in [0, 0.1) is 0 Å². The number of aliphatic hydroxyl groups excluding tert-OH is 5. The van der Waals surface area contributed by atoms with E-state index in [1.165, 1.54) is 276 Å². The molecule has 0 saturated carbocycles. The second kappa shape index (κ2) is 61.2. The van der Waals surface area contributed by atoms with Crippen molar-refractivity contribution in [3.05, 3.63) is 48.6 Å². The predicted octanol–water partition coefficient (Wildman–Crippen LogP) is 19.2. The molecule has 1 fully saturated rings. The molecule has 0 radical (unpaired) electrons. The first-order valence-corrected chi connectivity index (χ1v) is 35.4. The number of carbonyl (C=O) groups is 1. The minimum absolute atomic E-state index is 0.170. The zero-order chi connectivity index (χ0) is 58.6. The molecule has 1 rings (SSSR count). The quantitative estimate of drug-likeness (QED) is 0.0261. The third kappa shape index (κ3) is 50.1. The summed E-state index contributed by atoms with van der Waals surface area (Å²) in [6.45, 7) is 3.81. The van der Waals surface area contributed by atoms with Gasteiger partial charge in [-0.05, 0) is 57.8 Å². The molecule has 7 unspecified atom stereocenters. The number of carbonyl (C=O) groups excluding carboxylic acids is 1. The van der Waals surface area contributed by atoms with Crippen molar-refractivity contribution in [1.29, 1.82) is 0 Å². The highest BCUT2D eigenvalue weighted by Gasteiger charge is 2.44. The van der Waals surface area contributed by atoms with Gasteiger partial charge in [0.2, 0.25) is 5.91 Å². The SMILES string of the molecule is CCCCCCC/C=C\C/C=C\C/C=C\CCCCCCCCCCCCCCCCCCCCCCCCCCC(=O)NC(COC1OC(CO)C(O)C(O)C1O)C(O)/C=C/CCCCCCCCCCCCCCCCCCC. The molecule has 81 heavy (non-hydrogen) atoms. The molecule has 9 heteroatoms. The molecule has 1 aliphatic heterocycles. The van der Waals surface area contributed by atoms with Crippen molar-refractivity contribution in [1.82, 2.24) is 5.32 Å². The number of unbranched alkanes of at least 4 members (excludes halogenated alkanes) is 46. The van der Waals surface area contributed by atoms with E-state index in [1.807, 2.05) is 6.08 Å². The van der Waals surface area contributed by atoms with Gasteiger partial charge in [0, 0.05) is 6.42 Å². The molecule has 1 amide bonds. The third-order valence-corrected chi connectivity index (χ3v) is 16.9. The van der Waals surface area contributed by atoms with Crippen molar-refractivity contribution in [3.63, 3.8) is 0 Å². The van der Waals surface area contributed by atoms with E-state index in [2.05, 4.69) is 55.6 Å². The predicted molar refractivity (Wildman–Crippen MR) is 346 cm³/mol. The van der Waals surface area contributed by atoms with Crippen LogP contribution in [0.25, 0.3) is 0 Å².